The first-order valence-electron chi connectivity index (χ1n) is 15.4. The van der Waals surface area contributed by atoms with Crippen LogP contribution >= 0.6 is 11.3 Å². The number of hydrogen-bond acceptors (Lipinski definition) is 5. The lowest BCUT2D eigenvalue weighted by atomic mass is 9.83. The zero-order valence-corrected chi connectivity index (χ0v) is 25.1. The van der Waals surface area contributed by atoms with Gasteiger partial charge in [-0.25, -0.2) is 4.98 Å². The van der Waals surface area contributed by atoms with Crippen LogP contribution in [0.15, 0.2) is 72.1 Å². The van der Waals surface area contributed by atoms with E-state index >= 15 is 0 Å². The molecule has 3 aromatic carbocycles. The number of hydrogen-bond donors (Lipinski definition) is 1. The average Bonchev–Trinajstić information content (AvgIpc) is 3.73. The van der Waals surface area contributed by atoms with Gasteiger partial charge < -0.3 is 15.0 Å². The maximum atomic E-state index is 14.0. The molecular formula is C35H39N3O3S. The van der Waals surface area contributed by atoms with E-state index in [2.05, 4.69) is 41.0 Å². The van der Waals surface area contributed by atoms with E-state index in [4.69, 9.17) is 9.72 Å². The predicted octanol–water partition coefficient (Wildman–Crippen LogP) is 7.68. The smallest absolute Gasteiger partial charge is 0.246 e. The molecular weight excluding hydrogens is 542 g/mol. The van der Waals surface area contributed by atoms with Crippen molar-refractivity contribution in [2.45, 2.75) is 77.0 Å². The van der Waals surface area contributed by atoms with Crippen molar-refractivity contribution in [1.29, 1.82) is 0 Å². The largest absolute Gasteiger partial charge is 0.488 e. The van der Waals surface area contributed by atoms with Crippen molar-refractivity contribution >= 4 is 33.9 Å². The number of benzene rings is 3. The van der Waals surface area contributed by atoms with Crippen LogP contribution in [0.25, 0.3) is 22.0 Å². The lowest BCUT2D eigenvalue weighted by Crippen LogP contribution is -2.52. The minimum Gasteiger partial charge on any atom is -0.488 e. The molecule has 1 N–H and O–H groups in total. The van der Waals surface area contributed by atoms with Gasteiger partial charge in [-0.15, -0.1) is 11.3 Å². The molecule has 4 aromatic rings. The summed E-state index contributed by atoms with van der Waals surface area (Å²) in [6.07, 6.45) is 7.68. The topological polar surface area (TPSA) is 71.5 Å². The van der Waals surface area contributed by atoms with Crippen LogP contribution in [0.4, 0.5) is 0 Å². The second kappa shape index (κ2) is 13.1. The molecule has 1 aromatic heterocycles. The van der Waals surface area contributed by atoms with E-state index in [1.165, 1.54) is 6.42 Å². The number of carbonyl (C=O) groups is 2. The normalized spacial score (nSPS) is 18.2. The maximum Gasteiger partial charge on any atom is 0.246 e. The minimum atomic E-state index is -0.440. The fraction of sp³-hybridized carbons (Fsp3) is 0.400. The molecule has 1 saturated heterocycles. The number of amides is 2. The van der Waals surface area contributed by atoms with Crippen molar-refractivity contribution in [3.05, 3.63) is 82.7 Å². The van der Waals surface area contributed by atoms with Gasteiger partial charge in [0.25, 0.3) is 0 Å². The lowest BCUT2D eigenvalue weighted by molar-refractivity contribution is -0.139. The number of carbonyl (C=O) groups excluding carboxylic acids is 2. The highest BCUT2D eigenvalue weighted by atomic mass is 32.1. The Kier molecular flexibility index (Phi) is 8.84. The van der Waals surface area contributed by atoms with Crippen LogP contribution in [0, 0.1) is 5.92 Å². The lowest BCUT2D eigenvalue weighted by Gasteiger charge is -2.34. The van der Waals surface area contributed by atoms with Crippen molar-refractivity contribution in [2.24, 2.45) is 5.92 Å². The monoisotopic (exact) mass is 581 g/mol. The SMILES string of the molecule is CCC(=O)N[C@H](C(=O)N1CCC[C@H]1c1nc(-c2ccc(OCc3ccccc3)c3ccccc23)cs1)C1CCCCC1. The molecule has 0 bridgehead atoms. The Labute approximate surface area is 252 Å². The third-order valence-corrected chi connectivity index (χ3v) is 9.71. The molecule has 0 radical (unpaired) electrons. The molecule has 1 aliphatic heterocycles. The molecule has 2 heterocycles. The van der Waals surface area contributed by atoms with E-state index in [1.807, 2.05) is 48.2 Å². The number of aromatic nitrogens is 1. The summed E-state index contributed by atoms with van der Waals surface area (Å²) in [6, 6.07) is 22.1. The molecule has 6 rings (SSSR count). The van der Waals surface area contributed by atoms with Crippen molar-refractivity contribution in [1.82, 2.24) is 15.2 Å². The molecule has 6 nitrogen and oxygen atoms in total. The van der Waals surface area contributed by atoms with Gasteiger partial charge in [0.2, 0.25) is 11.8 Å². The Morgan fingerprint density at radius 3 is 2.50 bits per heavy atom. The molecule has 7 heteroatoms. The fourth-order valence-electron chi connectivity index (χ4n) is 6.51. The number of likely N-dealkylation sites (tertiary alicyclic amines) is 1. The molecule has 218 valence electrons. The number of ether oxygens (including phenoxy) is 1. The van der Waals surface area contributed by atoms with E-state index in [1.54, 1.807) is 11.3 Å². The van der Waals surface area contributed by atoms with Crippen LogP contribution < -0.4 is 10.1 Å². The van der Waals surface area contributed by atoms with E-state index in [0.717, 1.165) is 76.9 Å². The Morgan fingerprint density at radius 2 is 1.71 bits per heavy atom. The Bertz CT molecular complexity index is 1530. The highest BCUT2D eigenvalue weighted by molar-refractivity contribution is 7.10. The average molecular weight is 582 g/mol. The number of nitrogens with zero attached hydrogens (tertiary/aromatic N) is 2. The minimum absolute atomic E-state index is 0.0470. The molecule has 1 saturated carbocycles. The number of rotatable bonds is 9. The molecule has 2 atom stereocenters. The zero-order chi connectivity index (χ0) is 28.9. The van der Waals surface area contributed by atoms with Crippen LogP contribution in [0.1, 0.15) is 74.9 Å². The number of nitrogens with one attached hydrogen (secondary N) is 1. The summed E-state index contributed by atoms with van der Waals surface area (Å²) in [5.41, 5.74) is 3.11. The van der Waals surface area contributed by atoms with E-state index in [9.17, 15) is 9.59 Å². The van der Waals surface area contributed by atoms with Crippen molar-refractivity contribution in [3.63, 3.8) is 0 Å². The molecule has 1 aliphatic carbocycles. The highest BCUT2D eigenvalue weighted by Gasteiger charge is 2.39. The molecule has 2 aliphatic rings. The van der Waals surface area contributed by atoms with Crippen LogP contribution in [-0.4, -0.2) is 34.3 Å². The van der Waals surface area contributed by atoms with Gasteiger partial charge in [0, 0.05) is 29.3 Å². The van der Waals surface area contributed by atoms with E-state index < -0.39 is 6.04 Å². The summed E-state index contributed by atoms with van der Waals surface area (Å²) < 4.78 is 6.24. The molecule has 42 heavy (non-hydrogen) atoms. The third-order valence-electron chi connectivity index (χ3n) is 8.76. The van der Waals surface area contributed by atoms with E-state index in [0.29, 0.717) is 19.6 Å². The quantitative estimate of drug-likeness (QED) is 0.220. The predicted molar refractivity (Wildman–Crippen MR) is 168 cm³/mol. The van der Waals surface area contributed by atoms with Gasteiger partial charge in [-0.2, -0.15) is 0 Å². The first kappa shape index (κ1) is 28.4. The first-order valence-corrected chi connectivity index (χ1v) is 16.2. The van der Waals surface area contributed by atoms with Crippen molar-refractivity contribution in [3.8, 4) is 17.0 Å². The third kappa shape index (κ3) is 6.07. The Hall–Kier alpha value is -3.71. The van der Waals surface area contributed by atoms with Gasteiger partial charge in [0.15, 0.2) is 0 Å². The van der Waals surface area contributed by atoms with Crippen molar-refractivity contribution < 1.29 is 14.3 Å². The summed E-state index contributed by atoms with van der Waals surface area (Å²) in [5.74, 6) is 1.08. The summed E-state index contributed by atoms with van der Waals surface area (Å²) >= 11 is 1.63. The van der Waals surface area contributed by atoms with Gasteiger partial charge in [-0.05, 0) is 54.7 Å². The van der Waals surface area contributed by atoms with Gasteiger partial charge >= 0.3 is 0 Å². The van der Waals surface area contributed by atoms with Gasteiger partial charge in [-0.3, -0.25) is 9.59 Å². The molecule has 0 spiro atoms. The van der Waals surface area contributed by atoms with E-state index in [-0.39, 0.29) is 23.8 Å². The Balaban J connectivity index is 1.24. The van der Waals surface area contributed by atoms with Gasteiger partial charge in [-0.1, -0.05) is 80.8 Å². The molecule has 0 unspecified atom stereocenters. The standard InChI is InChI=1S/C35H39N3O3S/c1-2-32(39)37-33(25-14-7-4-8-15-25)35(40)38-21-11-18-30(38)34-36-29(23-42-34)27-19-20-31(28-17-10-9-16-26(27)28)41-22-24-12-5-3-6-13-24/h3,5-6,9-10,12-13,16-17,19-20,23,25,30,33H,2,4,7-8,11,14-15,18,21-22H2,1H3,(H,37,39)/t30-,33-/m0/s1. The van der Waals surface area contributed by atoms with Crippen LogP contribution in [0.5, 0.6) is 5.75 Å². The van der Waals surface area contributed by atoms with Crippen LogP contribution in [0.2, 0.25) is 0 Å². The molecule has 2 fully saturated rings. The summed E-state index contributed by atoms with van der Waals surface area (Å²) in [7, 11) is 0. The highest BCUT2D eigenvalue weighted by Crippen LogP contribution is 2.40. The summed E-state index contributed by atoms with van der Waals surface area (Å²) in [6.45, 7) is 3.07. The fourth-order valence-corrected chi connectivity index (χ4v) is 7.48. The first-order chi connectivity index (χ1) is 20.6. The van der Waals surface area contributed by atoms with Crippen molar-refractivity contribution in [2.75, 3.05) is 6.54 Å². The Morgan fingerprint density at radius 1 is 0.952 bits per heavy atom. The summed E-state index contributed by atoms with van der Waals surface area (Å²) in [4.78, 5) is 33.6. The van der Waals surface area contributed by atoms with Crippen LogP contribution in [0.3, 0.4) is 0 Å². The second-order valence-electron chi connectivity index (χ2n) is 11.5. The molecule has 2 amide bonds. The van der Waals surface area contributed by atoms with Gasteiger partial charge in [0.05, 0.1) is 11.7 Å². The number of thiazole rings is 1. The van der Waals surface area contributed by atoms with Gasteiger partial charge in [0.1, 0.15) is 23.4 Å². The number of fused-ring (bicyclic) bond motifs is 1. The second-order valence-corrected chi connectivity index (χ2v) is 12.4. The maximum absolute atomic E-state index is 14.0. The zero-order valence-electron chi connectivity index (χ0n) is 24.3. The van der Waals surface area contributed by atoms with Crippen LogP contribution in [-0.2, 0) is 16.2 Å². The summed E-state index contributed by atoms with van der Waals surface area (Å²) in [5, 5.41) is 8.33.